The molecular formula is C16H24OSi. The first-order valence-electron chi connectivity index (χ1n) is 6.96. The number of hydrogen-bond donors (Lipinski definition) is 0. The molecule has 2 heteroatoms. The van der Waals surface area contributed by atoms with Crippen LogP contribution >= 0.6 is 0 Å². The molecule has 0 spiro atoms. The topological polar surface area (TPSA) is 9.23 Å². The third kappa shape index (κ3) is 3.82. The maximum Gasteiger partial charge on any atom is 0.183 e. The average Bonchev–Trinajstić information content (AvgIpc) is 2.93. The Balaban J connectivity index is 1.85. The van der Waals surface area contributed by atoms with Gasteiger partial charge in [-0.25, -0.2) is 0 Å². The Labute approximate surface area is 112 Å². The van der Waals surface area contributed by atoms with Crippen LogP contribution in [0.4, 0.5) is 0 Å². The highest BCUT2D eigenvalue weighted by molar-refractivity contribution is 6.69. The quantitative estimate of drug-likeness (QED) is 0.494. The Morgan fingerprint density at radius 2 is 2.00 bits per heavy atom. The van der Waals surface area contributed by atoms with Crippen LogP contribution in [0.15, 0.2) is 47.1 Å². The molecule has 0 fully saturated rings. The van der Waals surface area contributed by atoms with E-state index in [1.807, 2.05) is 0 Å². The molecular weight excluding hydrogens is 236 g/mol. The average molecular weight is 260 g/mol. The van der Waals surface area contributed by atoms with Gasteiger partial charge in [0, 0.05) is 6.61 Å². The summed E-state index contributed by atoms with van der Waals surface area (Å²) in [5, 5.41) is 0. The van der Waals surface area contributed by atoms with Crippen molar-refractivity contribution in [2.75, 3.05) is 6.61 Å². The first-order valence-corrected chi connectivity index (χ1v) is 10.4. The van der Waals surface area contributed by atoms with Gasteiger partial charge in [0.25, 0.3) is 0 Å². The van der Waals surface area contributed by atoms with Crippen LogP contribution in [-0.2, 0) is 4.43 Å². The van der Waals surface area contributed by atoms with Crippen molar-refractivity contribution in [3.8, 4) is 0 Å². The van der Waals surface area contributed by atoms with Gasteiger partial charge in [0.1, 0.15) is 0 Å². The zero-order valence-electron chi connectivity index (χ0n) is 11.8. The fourth-order valence-electron chi connectivity index (χ4n) is 2.41. The summed E-state index contributed by atoms with van der Waals surface area (Å²) in [4.78, 5) is 0. The van der Waals surface area contributed by atoms with Crippen molar-refractivity contribution in [3.05, 3.63) is 47.1 Å². The molecule has 0 aromatic rings. The highest BCUT2D eigenvalue weighted by Crippen LogP contribution is 2.31. The van der Waals surface area contributed by atoms with Crippen LogP contribution < -0.4 is 0 Å². The molecule has 98 valence electrons. The van der Waals surface area contributed by atoms with Crippen molar-refractivity contribution in [1.29, 1.82) is 0 Å². The second-order valence-electron chi connectivity index (χ2n) is 5.97. The highest BCUT2D eigenvalue weighted by Gasteiger charge is 2.15. The molecule has 0 bridgehead atoms. The second-order valence-corrected chi connectivity index (χ2v) is 10.5. The highest BCUT2D eigenvalue weighted by atomic mass is 28.4. The van der Waals surface area contributed by atoms with Crippen LogP contribution in [0, 0.1) is 0 Å². The van der Waals surface area contributed by atoms with Crippen molar-refractivity contribution >= 4 is 8.32 Å². The first kappa shape index (κ1) is 13.6. The monoisotopic (exact) mass is 260 g/mol. The fourth-order valence-corrected chi connectivity index (χ4v) is 3.17. The van der Waals surface area contributed by atoms with Crippen LogP contribution in [0.2, 0.25) is 19.6 Å². The molecule has 0 heterocycles. The van der Waals surface area contributed by atoms with Gasteiger partial charge in [-0.2, -0.15) is 0 Å². The SMILES string of the molecule is C[Si](C)(C)OCCCC1=C(C2=CCC=C2)CC=C1. The summed E-state index contributed by atoms with van der Waals surface area (Å²) in [6.07, 6.45) is 15.9. The Morgan fingerprint density at radius 3 is 2.67 bits per heavy atom. The van der Waals surface area contributed by atoms with E-state index < -0.39 is 8.32 Å². The molecule has 0 atom stereocenters. The van der Waals surface area contributed by atoms with E-state index in [2.05, 4.69) is 50.0 Å². The van der Waals surface area contributed by atoms with Crippen LogP contribution in [0.1, 0.15) is 25.7 Å². The third-order valence-corrected chi connectivity index (χ3v) is 4.34. The fraction of sp³-hybridized carbons (Fsp3) is 0.500. The van der Waals surface area contributed by atoms with Crippen LogP contribution in [-0.4, -0.2) is 14.9 Å². The lowest BCUT2D eigenvalue weighted by Crippen LogP contribution is -2.25. The normalized spacial score (nSPS) is 18.9. The summed E-state index contributed by atoms with van der Waals surface area (Å²) in [6.45, 7) is 7.67. The van der Waals surface area contributed by atoms with Crippen molar-refractivity contribution < 1.29 is 4.43 Å². The van der Waals surface area contributed by atoms with Crippen molar-refractivity contribution in [3.63, 3.8) is 0 Å². The van der Waals surface area contributed by atoms with E-state index in [4.69, 9.17) is 4.43 Å². The number of rotatable bonds is 6. The van der Waals surface area contributed by atoms with Crippen molar-refractivity contribution in [1.82, 2.24) is 0 Å². The van der Waals surface area contributed by atoms with Crippen LogP contribution in [0.3, 0.4) is 0 Å². The molecule has 0 amide bonds. The van der Waals surface area contributed by atoms with E-state index in [1.165, 1.54) is 16.7 Å². The largest absolute Gasteiger partial charge is 0.418 e. The van der Waals surface area contributed by atoms with Crippen LogP contribution in [0.25, 0.3) is 0 Å². The van der Waals surface area contributed by atoms with Gasteiger partial charge in [-0.05, 0) is 62.0 Å². The van der Waals surface area contributed by atoms with Crippen LogP contribution in [0.5, 0.6) is 0 Å². The molecule has 0 aliphatic heterocycles. The molecule has 0 saturated carbocycles. The predicted octanol–water partition coefficient (Wildman–Crippen LogP) is 4.76. The van der Waals surface area contributed by atoms with E-state index in [-0.39, 0.29) is 0 Å². The summed E-state index contributed by atoms with van der Waals surface area (Å²) in [5.74, 6) is 0. The lowest BCUT2D eigenvalue weighted by Gasteiger charge is -2.17. The molecule has 0 aromatic carbocycles. The lowest BCUT2D eigenvalue weighted by molar-refractivity contribution is 0.305. The summed E-state index contributed by atoms with van der Waals surface area (Å²) in [5.41, 5.74) is 4.50. The van der Waals surface area contributed by atoms with Gasteiger partial charge in [0.15, 0.2) is 8.32 Å². The molecule has 1 nitrogen and oxygen atoms in total. The summed E-state index contributed by atoms with van der Waals surface area (Å²) in [6, 6.07) is 0. The minimum absolute atomic E-state index is 0.912. The van der Waals surface area contributed by atoms with Gasteiger partial charge in [0.05, 0.1) is 0 Å². The zero-order chi connectivity index (χ0) is 13.0. The maximum absolute atomic E-state index is 5.91. The Hall–Kier alpha value is -0.863. The molecule has 2 aliphatic carbocycles. The number of hydrogen-bond acceptors (Lipinski definition) is 1. The minimum atomic E-state index is -1.33. The van der Waals surface area contributed by atoms with E-state index in [0.29, 0.717) is 0 Å². The Bertz CT molecular complexity index is 419. The molecule has 18 heavy (non-hydrogen) atoms. The van der Waals surface area contributed by atoms with Gasteiger partial charge in [-0.1, -0.05) is 30.4 Å². The van der Waals surface area contributed by atoms with E-state index in [0.717, 1.165) is 32.3 Å². The van der Waals surface area contributed by atoms with Crippen molar-refractivity contribution in [2.45, 2.75) is 45.3 Å². The summed E-state index contributed by atoms with van der Waals surface area (Å²) < 4.78 is 5.91. The van der Waals surface area contributed by atoms with Gasteiger partial charge < -0.3 is 4.43 Å². The molecule has 0 unspecified atom stereocenters. The molecule has 0 saturated heterocycles. The van der Waals surface area contributed by atoms with E-state index in [1.54, 1.807) is 0 Å². The second kappa shape index (κ2) is 5.85. The Morgan fingerprint density at radius 1 is 1.17 bits per heavy atom. The van der Waals surface area contributed by atoms with E-state index in [9.17, 15) is 0 Å². The predicted molar refractivity (Wildman–Crippen MR) is 81.2 cm³/mol. The molecule has 0 aromatic heterocycles. The summed E-state index contributed by atoms with van der Waals surface area (Å²) in [7, 11) is -1.33. The molecule has 2 rings (SSSR count). The maximum atomic E-state index is 5.91. The molecule has 2 aliphatic rings. The standard InChI is InChI=1S/C16H24OSi/c1-18(2,3)17-13-7-11-15-10-6-12-16(15)14-8-4-5-9-14/h4,6,8-10H,5,7,11-13H2,1-3H3. The zero-order valence-corrected chi connectivity index (χ0v) is 12.8. The molecule has 0 radical (unpaired) electrons. The Kier molecular flexibility index (Phi) is 4.41. The minimum Gasteiger partial charge on any atom is -0.418 e. The van der Waals surface area contributed by atoms with Crippen molar-refractivity contribution in [2.24, 2.45) is 0 Å². The smallest absolute Gasteiger partial charge is 0.183 e. The summed E-state index contributed by atoms with van der Waals surface area (Å²) >= 11 is 0. The van der Waals surface area contributed by atoms with E-state index >= 15 is 0 Å². The lowest BCUT2D eigenvalue weighted by atomic mass is 10.00. The van der Waals surface area contributed by atoms with Gasteiger partial charge in [0.2, 0.25) is 0 Å². The van der Waals surface area contributed by atoms with Gasteiger partial charge >= 0.3 is 0 Å². The number of allylic oxidation sites excluding steroid dienone is 8. The molecule has 0 N–H and O–H groups in total. The van der Waals surface area contributed by atoms with Gasteiger partial charge in [-0.3, -0.25) is 0 Å². The van der Waals surface area contributed by atoms with Gasteiger partial charge in [-0.15, -0.1) is 0 Å². The first-order chi connectivity index (χ1) is 8.56. The third-order valence-electron chi connectivity index (χ3n) is 3.27.